The highest BCUT2D eigenvalue weighted by Gasteiger charge is 2.26. The van der Waals surface area contributed by atoms with Crippen LogP contribution in [0.4, 0.5) is 0 Å². The van der Waals surface area contributed by atoms with Crippen LogP contribution in [0.1, 0.15) is 32.2 Å². The maximum absolute atomic E-state index is 13.0. The molecular formula is C23H27N3O4. The highest BCUT2D eigenvalue weighted by atomic mass is 16.5. The highest BCUT2D eigenvalue weighted by Crippen LogP contribution is 2.21. The Hall–Kier alpha value is -3.35. The van der Waals surface area contributed by atoms with Gasteiger partial charge in [0.25, 0.3) is 5.91 Å². The number of benzene rings is 2. The van der Waals surface area contributed by atoms with Crippen molar-refractivity contribution in [2.24, 2.45) is 0 Å². The first kappa shape index (κ1) is 21.4. The lowest BCUT2D eigenvalue weighted by atomic mass is 10.2. The zero-order chi connectivity index (χ0) is 21.7. The number of carbonyl (C=O) groups is 1. The minimum Gasteiger partial charge on any atom is -0.497 e. The van der Waals surface area contributed by atoms with E-state index in [0.717, 1.165) is 16.9 Å². The Morgan fingerprint density at radius 3 is 2.27 bits per heavy atom. The van der Waals surface area contributed by atoms with Crippen molar-refractivity contribution in [2.75, 3.05) is 7.11 Å². The van der Waals surface area contributed by atoms with Gasteiger partial charge in [-0.05, 0) is 64.1 Å². The van der Waals surface area contributed by atoms with Crippen LogP contribution in [0.15, 0.2) is 53.1 Å². The number of hydrogen-bond donors (Lipinski definition) is 0. The molecule has 0 unspecified atom stereocenters. The number of aryl methyl sites for hydroxylation is 1. The van der Waals surface area contributed by atoms with Gasteiger partial charge < -0.3 is 18.9 Å². The fourth-order valence-corrected chi connectivity index (χ4v) is 2.94. The second-order valence-corrected chi connectivity index (χ2v) is 7.37. The SMILES string of the molecule is COc1ccc(-c2noc(CN(C(=O)[C@H](C)Oc3ccc(C)cc3)C(C)C)n2)cc1. The molecule has 3 aromatic rings. The van der Waals surface area contributed by atoms with Crippen molar-refractivity contribution in [1.29, 1.82) is 0 Å². The van der Waals surface area contributed by atoms with Gasteiger partial charge in [-0.25, -0.2) is 0 Å². The Balaban J connectivity index is 1.69. The summed E-state index contributed by atoms with van der Waals surface area (Å²) < 4.78 is 16.4. The van der Waals surface area contributed by atoms with E-state index < -0.39 is 6.10 Å². The van der Waals surface area contributed by atoms with E-state index in [1.807, 2.05) is 69.3 Å². The van der Waals surface area contributed by atoms with E-state index in [0.29, 0.717) is 17.5 Å². The fourth-order valence-electron chi connectivity index (χ4n) is 2.94. The Bertz CT molecular complexity index is 965. The van der Waals surface area contributed by atoms with Crippen molar-refractivity contribution < 1.29 is 18.8 Å². The van der Waals surface area contributed by atoms with E-state index in [-0.39, 0.29) is 18.5 Å². The molecule has 0 radical (unpaired) electrons. The molecule has 7 nitrogen and oxygen atoms in total. The zero-order valence-electron chi connectivity index (χ0n) is 18.0. The fraction of sp³-hybridized carbons (Fsp3) is 0.348. The van der Waals surface area contributed by atoms with E-state index in [4.69, 9.17) is 14.0 Å². The van der Waals surface area contributed by atoms with Gasteiger partial charge in [-0.3, -0.25) is 4.79 Å². The summed E-state index contributed by atoms with van der Waals surface area (Å²) in [7, 11) is 1.61. The van der Waals surface area contributed by atoms with Crippen molar-refractivity contribution in [1.82, 2.24) is 15.0 Å². The monoisotopic (exact) mass is 409 g/mol. The van der Waals surface area contributed by atoms with Crippen molar-refractivity contribution in [2.45, 2.75) is 46.4 Å². The van der Waals surface area contributed by atoms with Gasteiger partial charge in [-0.2, -0.15) is 4.98 Å². The molecule has 7 heteroatoms. The summed E-state index contributed by atoms with van der Waals surface area (Å²) in [5, 5.41) is 4.04. The van der Waals surface area contributed by atoms with Crippen LogP contribution in [0.2, 0.25) is 0 Å². The first-order valence-corrected chi connectivity index (χ1v) is 9.88. The number of nitrogens with zero attached hydrogens (tertiary/aromatic N) is 3. The average Bonchev–Trinajstić information content (AvgIpc) is 3.21. The van der Waals surface area contributed by atoms with Gasteiger partial charge in [0, 0.05) is 11.6 Å². The predicted octanol–water partition coefficient (Wildman–Crippen LogP) is 4.26. The lowest BCUT2D eigenvalue weighted by Crippen LogP contribution is -2.43. The van der Waals surface area contributed by atoms with Crippen molar-refractivity contribution in [3.05, 3.63) is 60.0 Å². The van der Waals surface area contributed by atoms with Gasteiger partial charge in [0.1, 0.15) is 18.0 Å². The van der Waals surface area contributed by atoms with Crippen LogP contribution in [-0.4, -0.2) is 40.2 Å². The number of rotatable bonds is 8. The Morgan fingerprint density at radius 1 is 1.03 bits per heavy atom. The summed E-state index contributed by atoms with van der Waals surface area (Å²) in [6.07, 6.45) is -0.640. The molecule has 3 rings (SSSR count). The van der Waals surface area contributed by atoms with Crippen LogP contribution in [-0.2, 0) is 11.3 Å². The largest absolute Gasteiger partial charge is 0.497 e. The second kappa shape index (κ2) is 9.43. The maximum Gasteiger partial charge on any atom is 0.264 e. The summed E-state index contributed by atoms with van der Waals surface area (Å²) in [4.78, 5) is 19.1. The van der Waals surface area contributed by atoms with E-state index in [2.05, 4.69) is 10.1 Å². The maximum atomic E-state index is 13.0. The molecule has 0 spiro atoms. The molecule has 30 heavy (non-hydrogen) atoms. The lowest BCUT2D eigenvalue weighted by Gasteiger charge is -2.28. The first-order valence-electron chi connectivity index (χ1n) is 9.88. The standard InChI is InChI=1S/C23H27N3O4/c1-15(2)26(23(27)17(4)29-20-10-6-16(3)7-11-20)14-21-24-22(25-30-21)18-8-12-19(28-5)13-9-18/h6-13,15,17H,14H2,1-5H3/t17-/m0/s1. The van der Waals surface area contributed by atoms with E-state index in [9.17, 15) is 4.79 Å². The van der Waals surface area contributed by atoms with Gasteiger partial charge in [-0.15, -0.1) is 0 Å². The summed E-state index contributed by atoms with van der Waals surface area (Å²) in [6, 6.07) is 14.9. The third kappa shape index (κ3) is 5.17. The molecule has 0 fully saturated rings. The molecule has 0 aliphatic rings. The van der Waals surface area contributed by atoms with Crippen LogP contribution in [0.3, 0.4) is 0 Å². The quantitative estimate of drug-likeness (QED) is 0.553. The van der Waals surface area contributed by atoms with Crippen LogP contribution >= 0.6 is 0 Å². The summed E-state index contributed by atoms with van der Waals surface area (Å²) in [6.45, 7) is 7.84. The predicted molar refractivity (Wildman–Crippen MR) is 113 cm³/mol. The summed E-state index contributed by atoms with van der Waals surface area (Å²) in [5.74, 6) is 2.10. The third-order valence-electron chi connectivity index (χ3n) is 4.71. The van der Waals surface area contributed by atoms with Gasteiger partial charge in [0.2, 0.25) is 11.7 Å². The van der Waals surface area contributed by atoms with Crippen molar-refractivity contribution in [3.8, 4) is 22.9 Å². The number of aromatic nitrogens is 2. The Kier molecular flexibility index (Phi) is 6.72. The number of amides is 1. The van der Waals surface area contributed by atoms with E-state index in [1.54, 1.807) is 18.9 Å². The van der Waals surface area contributed by atoms with Gasteiger partial charge in [-0.1, -0.05) is 22.9 Å². The Labute approximate surface area is 176 Å². The molecule has 0 N–H and O–H groups in total. The van der Waals surface area contributed by atoms with Gasteiger partial charge in [0.15, 0.2) is 6.10 Å². The van der Waals surface area contributed by atoms with Crippen LogP contribution in [0.25, 0.3) is 11.4 Å². The normalized spacial score (nSPS) is 11.9. The molecule has 1 heterocycles. The lowest BCUT2D eigenvalue weighted by molar-refractivity contribution is -0.140. The topological polar surface area (TPSA) is 77.7 Å². The van der Waals surface area contributed by atoms with E-state index >= 15 is 0 Å². The summed E-state index contributed by atoms with van der Waals surface area (Å²) >= 11 is 0. The third-order valence-corrected chi connectivity index (χ3v) is 4.71. The highest BCUT2D eigenvalue weighted by molar-refractivity contribution is 5.81. The van der Waals surface area contributed by atoms with Crippen LogP contribution < -0.4 is 9.47 Å². The molecule has 0 bridgehead atoms. The molecule has 158 valence electrons. The molecule has 2 aromatic carbocycles. The minimum absolute atomic E-state index is 0.0575. The zero-order valence-corrected chi connectivity index (χ0v) is 18.0. The minimum atomic E-state index is -0.640. The van der Waals surface area contributed by atoms with Crippen molar-refractivity contribution in [3.63, 3.8) is 0 Å². The average molecular weight is 409 g/mol. The smallest absolute Gasteiger partial charge is 0.264 e. The Morgan fingerprint density at radius 2 is 1.67 bits per heavy atom. The molecule has 0 aliphatic heterocycles. The number of carbonyl (C=O) groups excluding carboxylic acids is 1. The molecule has 0 saturated carbocycles. The van der Waals surface area contributed by atoms with Gasteiger partial charge in [0.05, 0.1) is 7.11 Å². The molecule has 0 saturated heterocycles. The van der Waals surface area contributed by atoms with Gasteiger partial charge >= 0.3 is 0 Å². The molecular weight excluding hydrogens is 382 g/mol. The summed E-state index contributed by atoms with van der Waals surface area (Å²) in [5.41, 5.74) is 1.94. The molecule has 0 aliphatic carbocycles. The number of methoxy groups -OCH3 is 1. The van der Waals surface area contributed by atoms with Crippen LogP contribution in [0.5, 0.6) is 11.5 Å². The first-order chi connectivity index (χ1) is 14.4. The number of ether oxygens (including phenoxy) is 2. The van der Waals surface area contributed by atoms with E-state index in [1.165, 1.54) is 0 Å². The number of hydrogen-bond acceptors (Lipinski definition) is 6. The van der Waals surface area contributed by atoms with Crippen molar-refractivity contribution >= 4 is 5.91 Å². The second-order valence-electron chi connectivity index (χ2n) is 7.37. The molecule has 1 amide bonds. The molecule has 1 aromatic heterocycles. The van der Waals surface area contributed by atoms with Crippen LogP contribution in [0, 0.1) is 6.92 Å². The molecule has 1 atom stereocenters.